The number of benzene rings is 2. The van der Waals surface area contributed by atoms with E-state index >= 15 is 0 Å². The molecule has 0 saturated carbocycles. The van der Waals surface area contributed by atoms with Crippen molar-refractivity contribution >= 4 is 22.1 Å². The summed E-state index contributed by atoms with van der Waals surface area (Å²) >= 11 is 1.79. The third kappa shape index (κ3) is 2.47. The molecule has 2 heterocycles. The van der Waals surface area contributed by atoms with Gasteiger partial charge >= 0.3 is 0 Å². The van der Waals surface area contributed by atoms with Gasteiger partial charge in [-0.25, -0.2) is 4.98 Å². The molecule has 0 radical (unpaired) electrons. The van der Waals surface area contributed by atoms with Crippen molar-refractivity contribution in [3.05, 3.63) is 52.9 Å². The zero-order valence-corrected chi connectivity index (χ0v) is 12.7. The smallest absolute Gasteiger partial charge is 0.110 e. The van der Waals surface area contributed by atoms with Crippen LogP contribution in [0.1, 0.15) is 30.3 Å². The maximum Gasteiger partial charge on any atom is 0.110 e. The van der Waals surface area contributed by atoms with Crippen molar-refractivity contribution in [1.29, 1.82) is 0 Å². The molecule has 21 heavy (non-hydrogen) atoms. The number of nitrogens with one attached hydrogen (secondary N) is 1. The summed E-state index contributed by atoms with van der Waals surface area (Å²) in [5.41, 5.74) is 2.35. The summed E-state index contributed by atoms with van der Waals surface area (Å²) in [6, 6.07) is 15.4. The van der Waals surface area contributed by atoms with Crippen LogP contribution in [-0.2, 0) is 0 Å². The van der Waals surface area contributed by atoms with Gasteiger partial charge in [0, 0.05) is 10.9 Å². The maximum atomic E-state index is 4.91. The van der Waals surface area contributed by atoms with Crippen LogP contribution < -0.4 is 5.32 Å². The van der Waals surface area contributed by atoms with Crippen LogP contribution in [-0.4, -0.2) is 11.5 Å². The molecule has 0 bridgehead atoms. The lowest BCUT2D eigenvalue weighted by Gasteiger charge is -2.21. The van der Waals surface area contributed by atoms with Crippen molar-refractivity contribution in [1.82, 2.24) is 10.3 Å². The molecule has 2 nitrogen and oxygen atoms in total. The predicted molar refractivity (Wildman–Crippen MR) is 89.7 cm³/mol. The molecule has 1 unspecified atom stereocenters. The molecule has 0 aliphatic carbocycles. The van der Waals surface area contributed by atoms with Crippen LogP contribution in [0.2, 0.25) is 0 Å². The van der Waals surface area contributed by atoms with E-state index in [9.17, 15) is 0 Å². The lowest BCUT2D eigenvalue weighted by molar-refractivity contribution is 0.411. The van der Waals surface area contributed by atoms with Crippen LogP contribution in [0, 0.1) is 0 Å². The second-order valence-corrected chi connectivity index (χ2v) is 6.49. The Morgan fingerprint density at radius 1 is 1.05 bits per heavy atom. The fourth-order valence-electron chi connectivity index (χ4n) is 3.08. The summed E-state index contributed by atoms with van der Waals surface area (Å²) in [6.07, 6.45) is 3.81. The van der Waals surface area contributed by atoms with E-state index in [0.717, 1.165) is 12.2 Å². The molecule has 1 fully saturated rings. The molecule has 1 aliphatic heterocycles. The Morgan fingerprint density at radius 2 is 1.95 bits per heavy atom. The van der Waals surface area contributed by atoms with Crippen molar-refractivity contribution in [3.8, 4) is 11.3 Å². The standard InChI is InChI=1S/C18H18N2S/c1-2-8-14-13(6-1)7-5-9-15(14)17-12-21-18(20-17)16-10-3-4-11-19-16/h1-2,5-9,12,16,19H,3-4,10-11H2. The molecular formula is C18H18N2S. The summed E-state index contributed by atoms with van der Waals surface area (Å²) in [5, 5.41) is 9.58. The SMILES string of the molecule is c1ccc2c(-c3csc(C4CCCCN4)n3)cccc2c1. The summed E-state index contributed by atoms with van der Waals surface area (Å²) in [7, 11) is 0. The highest BCUT2D eigenvalue weighted by Gasteiger charge is 2.18. The molecule has 1 saturated heterocycles. The van der Waals surface area contributed by atoms with E-state index in [2.05, 4.69) is 53.2 Å². The Bertz CT molecular complexity index is 751. The summed E-state index contributed by atoms with van der Waals surface area (Å²) in [4.78, 5) is 4.91. The molecule has 0 spiro atoms. The minimum Gasteiger partial charge on any atom is -0.308 e. The van der Waals surface area contributed by atoms with E-state index in [-0.39, 0.29) is 0 Å². The quantitative estimate of drug-likeness (QED) is 0.736. The largest absolute Gasteiger partial charge is 0.308 e. The Labute approximate surface area is 128 Å². The highest BCUT2D eigenvalue weighted by Crippen LogP contribution is 2.32. The van der Waals surface area contributed by atoms with Crippen molar-refractivity contribution in [2.75, 3.05) is 6.54 Å². The van der Waals surface area contributed by atoms with Crippen LogP contribution in [0.25, 0.3) is 22.0 Å². The zero-order valence-electron chi connectivity index (χ0n) is 11.9. The normalized spacial score (nSPS) is 19.0. The summed E-state index contributed by atoms with van der Waals surface area (Å²) in [6.45, 7) is 1.12. The van der Waals surface area contributed by atoms with Gasteiger partial charge < -0.3 is 5.32 Å². The van der Waals surface area contributed by atoms with Crippen molar-refractivity contribution in [2.45, 2.75) is 25.3 Å². The van der Waals surface area contributed by atoms with Gasteiger partial charge in [-0.1, -0.05) is 48.9 Å². The summed E-state index contributed by atoms with van der Waals surface area (Å²) in [5.74, 6) is 0. The van der Waals surface area contributed by atoms with E-state index in [1.54, 1.807) is 11.3 Å². The van der Waals surface area contributed by atoms with E-state index in [4.69, 9.17) is 4.98 Å². The van der Waals surface area contributed by atoms with Crippen LogP contribution in [0.15, 0.2) is 47.8 Å². The number of fused-ring (bicyclic) bond motifs is 1. The Balaban J connectivity index is 1.74. The number of piperidine rings is 1. The van der Waals surface area contributed by atoms with E-state index in [1.807, 2.05) is 0 Å². The fourth-order valence-corrected chi connectivity index (χ4v) is 4.01. The first kappa shape index (κ1) is 13.0. The second-order valence-electron chi connectivity index (χ2n) is 5.60. The van der Waals surface area contributed by atoms with Crippen molar-refractivity contribution in [3.63, 3.8) is 0 Å². The monoisotopic (exact) mass is 294 g/mol. The van der Waals surface area contributed by atoms with Gasteiger partial charge in [0.15, 0.2) is 0 Å². The Morgan fingerprint density at radius 3 is 2.86 bits per heavy atom. The number of hydrogen-bond donors (Lipinski definition) is 1. The molecule has 4 rings (SSSR count). The highest BCUT2D eigenvalue weighted by molar-refractivity contribution is 7.10. The minimum absolute atomic E-state index is 0.451. The average molecular weight is 294 g/mol. The third-order valence-corrected chi connectivity index (χ3v) is 5.15. The van der Waals surface area contributed by atoms with Gasteiger partial charge in [0.1, 0.15) is 5.01 Å². The molecule has 1 aromatic heterocycles. The second kappa shape index (κ2) is 5.58. The van der Waals surface area contributed by atoms with Gasteiger partial charge in [-0.3, -0.25) is 0 Å². The molecular weight excluding hydrogens is 276 g/mol. The molecule has 3 aromatic rings. The van der Waals surface area contributed by atoms with Gasteiger partial charge in [0.05, 0.1) is 11.7 Å². The Kier molecular flexibility index (Phi) is 3.45. The lowest BCUT2D eigenvalue weighted by atomic mass is 10.0. The first-order valence-corrected chi connectivity index (χ1v) is 8.47. The Hall–Kier alpha value is -1.71. The first-order valence-electron chi connectivity index (χ1n) is 7.59. The molecule has 106 valence electrons. The fraction of sp³-hybridized carbons (Fsp3) is 0.278. The van der Waals surface area contributed by atoms with Crippen molar-refractivity contribution < 1.29 is 0 Å². The van der Waals surface area contributed by atoms with Crippen LogP contribution in [0.3, 0.4) is 0 Å². The van der Waals surface area contributed by atoms with E-state index in [0.29, 0.717) is 6.04 Å². The van der Waals surface area contributed by atoms with Crippen molar-refractivity contribution in [2.24, 2.45) is 0 Å². The molecule has 1 N–H and O–H groups in total. The third-order valence-electron chi connectivity index (χ3n) is 4.20. The first-order chi connectivity index (χ1) is 10.4. The molecule has 0 amide bonds. The van der Waals surface area contributed by atoms with Gasteiger partial charge in [-0.2, -0.15) is 0 Å². The van der Waals surface area contributed by atoms with Crippen LogP contribution in [0.5, 0.6) is 0 Å². The van der Waals surface area contributed by atoms with Gasteiger partial charge in [-0.15, -0.1) is 11.3 Å². The van der Waals surface area contributed by atoms with E-state index in [1.165, 1.54) is 40.6 Å². The van der Waals surface area contributed by atoms with Crippen LogP contribution >= 0.6 is 11.3 Å². The van der Waals surface area contributed by atoms with Gasteiger partial charge in [0.2, 0.25) is 0 Å². The highest BCUT2D eigenvalue weighted by atomic mass is 32.1. The number of thiazole rings is 1. The molecule has 3 heteroatoms. The van der Waals surface area contributed by atoms with Crippen LogP contribution in [0.4, 0.5) is 0 Å². The number of nitrogens with zero attached hydrogens (tertiary/aromatic N) is 1. The maximum absolute atomic E-state index is 4.91. The number of rotatable bonds is 2. The van der Waals surface area contributed by atoms with Gasteiger partial charge in [-0.05, 0) is 30.2 Å². The number of aromatic nitrogens is 1. The zero-order chi connectivity index (χ0) is 14.1. The molecule has 2 aromatic carbocycles. The minimum atomic E-state index is 0.451. The van der Waals surface area contributed by atoms with E-state index < -0.39 is 0 Å². The predicted octanol–water partition coefficient (Wildman–Crippen LogP) is 4.78. The van der Waals surface area contributed by atoms with Gasteiger partial charge in [0.25, 0.3) is 0 Å². The summed E-state index contributed by atoms with van der Waals surface area (Å²) < 4.78 is 0. The molecule has 1 aliphatic rings. The lowest BCUT2D eigenvalue weighted by Crippen LogP contribution is -2.26. The average Bonchev–Trinajstić information content (AvgIpc) is 3.05. The molecule has 1 atom stereocenters. The number of hydrogen-bond acceptors (Lipinski definition) is 3. The topological polar surface area (TPSA) is 24.9 Å².